The fraction of sp³-hybridized carbons (Fsp3) is 0.368. The first-order chi connectivity index (χ1) is 12.6. The van der Waals surface area contributed by atoms with Crippen LogP contribution >= 0.6 is 11.3 Å². The van der Waals surface area contributed by atoms with Crippen molar-refractivity contribution in [2.75, 3.05) is 31.7 Å². The molecule has 1 aromatic carbocycles. The maximum Gasteiger partial charge on any atom is 0.228 e. The minimum Gasteiger partial charge on any atom is -0.508 e. The summed E-state index contributed by atoms with van der Waals surface area (Å²) in [4.78, 5) is 29.9. The summed E-state index contributed by atoms with van der Waals surface area (Å²) in [6.45, 7) is 1.84. The van der Waals surface area contributed by atoms with Crippen molar-refractivity contribution in [1.82, 2.24) is 4.90 Å². The predicted molar refractivity (Wildman–Crippen MR) is 100 cm³/mol. The van der Waals surface area contributed by atoms with E-state index in [0.717, 1.165) is 4.88 Å². The van der Waals surface area contributed by atoms with Crippen molar-refractivity contribution < 1.29 is 19.4 Å². The minimum absolute atomic E-state index is 0.0231. The number of hydrogen-bond donors (Lipinski definition) is 1. The molecular weight excluding hydrogens is 352 g/mol. The minimum atomic E-state index is -0.367. The molecule has 1 saturated heterocycles. The van der Waals surface area contributed by atoms with Crippen LogP contribution in [0.25, 0.3) is 0 Å². The van der Waals surface area contributed by atoms with E-state index in [1.165, 1.54) is 0 Å². The molecule has 0 aliphatic carbocycles. The number of amides is 2. The second-order valence-electron chi connectivity index (χ2n) is 6.25. The Labute approximate surface area is 156 Å². The number of benzene rings is 1. The molecule has 0 saturated carbocycles. The zero-order chi connectivity index (χ0) is 18.5. The number of rotatable bonds is 7. The quantitative estimate of drug-likeness (QED) is 0.808. The lowest BCUT2D eigenvalue weighted by Crippen LogP contribution is -2.38. The van der Waals surface area contributed by atoms with Crippen LogP contribution in [0.2, 0.25) is 0 Å². The van der Waals surface area contributed by atoms with Crippen LogP contribution in [0.1, 0.15) is 11.3 Å². The van der Waals surface area contributed by atoms with Crippen LogP contribution in [0.15, 0.2) is 41.8 Å². The third kappa shape index (κ3) is 4.23. The summed E-state index contributed by atoms with van der Waals surface area (Å²) >= 11 is 1.61. The molecule has 1 N–H and O–H groups in total. The highest BCUT2D eigenvalue weighted by Gasteiger charge is 2.37. The summed E-state index contributed by atoms with van der Waals surface area (Å²) in [5.41, 5.74) is 0.699. The topological polar surface area (TPSA) is 70.1 Å². The van der Waals surface area contributed by atoms with E-state index in [4.69, 9.17) is 4.74 Å². The largest absolute Gasteiger partial charge is 0.508 e. The monoisotopic (exact) mass is 374 g/mol. The van der Waals surface area contributed by atoms with Gasteiger partial charge in [0.05, 0.1) is 19.1 Å². The standard InChI is InChI=1S/C19H22N2O4S/c1-25-9-8-20(13-17-3-2-10-26-17)19(24)14-11-18(23)21(12-14)15-4-6-16(22)7-5-15/h2-7,10,14,22H,8-9,11-13H2,1H3. The number of nitrogens with zero attached hydrogens (tertiary/aromatic N) is 2. The number of methoxy groups -OCH3 is 1. The number of hydrogen-bond acceptors (Lipinski definition) is 5. The average Bonchev–Trinajstić information content (AvgIpc) is 3.28. The molecular formula is C19H22N2O4S. The van der Waals surface area contributed by atoms with Gasteiger partial charge in [-0.1, -0.05) is 6.07 Å². The average molecular weight is 374 g/mol. The van der Waals surface area contributed by atoms with Gasteiger partial charge in [0.25, 0.3) is 0 Å². The Morgan fingerprint density at radius 3 is 2.77 bits per heavy atom. The van der Waals surface area contributed by atoms with Gasteiger partial charge in [0, 0.05) is 37.2 Å². The number of carbonyl (C=O) groups excluding carboxylic acids is 2. The fourth-order valence-corrected chi connectivity index (χ4v) is 3.79. The number of phenols is 1. The maximum absolute atomic E-state index is 13.0. The van der Waals surface area contributed by atoms with E-state index in [0.29, 0.717) is 31.9 Å². The molecule has 0 radical (unpaired) electrons. The number of thiophene rings is 1. The maximum atomic E-state index is 13.0. The third-order valence-electron chi connectivity index (χ3n) is 4.44. The first kappa shape index (κ1) is 18.4. The van der Waals surface area contributed by atoms with Gasteiger partial charge in [-0.05, 0) is 35.7 Å². The molecule has 1 aliphatic heterocycles. The molecule has 2 heterocycles. The molecule has 26 heavy (non-hydrogen) atoms. The molecule has 2 aromatic rings. The Bertz CT molecular complexity index is 745. The SMILES string of the molecule is COCCN(Cc1cccs1)C(=O)C1CC(=O)N(c2ccc(O)cc2)C1. The molecule has 1 atom stereocenters. The van der Waals surface area contributed by atoms with Crippen LogP contribution in [-0.4, -0.2) is 48.6 Å². The molecule has 138 valence electrons. The Morgan fingerprint density at radius 1 is 1.35 bits per heavy atom. The van der Waals surface area contributed by atoms with Gasteiger partial charge in [0.1, 0.15) is 5.75 Å². The molecule has 7 heteroatoms. The van der Waals surface area contributed by atoms with Gasteiger partial charge in [-0.25, -0.2) is 0 Å². The van der Waals surface area contributed by atoms with E-state index in [-0.39, 0.29) is 29.9 Å². The molecule has 1 fully saturated rings. The molecule has 0 spiro atoms. The number of ether oxygens (including phenoxy) is 1. The van der Waals surface area contributed by atoms with E-state index in [1.54, 1.807) is 52.5 Å². The predicted octanol–water partition coefficient (Wildman–Crippen LogP) is 2.48. The smallest absolute Gasteiger partial charge is 0.228 e. The van der Waals surface area contributed by atoms with Crippen molar-refractivity contribution >= 4 is 28.8 Å². The molecule has 2 amide bonds. The van der Waals surface area contributed by atoms with E-state index >= 15 is 0 Å². The zero-order valence-corrected chi connectivity index (χ0v) is 15.4. The highest BCUT2D eigenvalue weighted by molar-refractivity contribution is 7.09. The van der Waals surface area contributed by atoms with Crippen molar-refractivity contribution in [2.24, 2.45) is 5.92 Å². The summed E-state index contributed by atoms with van der Waals surface area (Å²) in [5.74, 6) is -0.315. The lowest BCUT2D eigenvalue weighted by Gasteiger charge is -2.25. The second kappa shape index (κ2) is 8.33. The van der Waals surface area contributed by atoms with Crippen LogP contribution in [0, 0.1) is 5.92 Å². The Morgan fingerprint density at radius 2 is 2.12 bits per heavy atom. The van der Waals surface area contributed by atoms with E-state index < -0.39 is 0 Å². The molecule has 1 unspecified atom stereocenters. The van der Waals surface area contributed by atoms with Gasteiger partial charge in [-0.15, -0.1) is 11.3 Å². The number of carbonyl (C=O) groups is 2. The van der Waals surface area contributed by atoms with Gasteiger partial charge >= 0.3 is 0 Å². The number of aromatic hydroxyl groups is 1. The Kier molecular flexibility index (Phi) is 5.90. The highest BCUT2D eigenvalue weighted by Crippen LogP contribution is 2.28. The van der Waals surface area contributed by atoms with E-state index in [2.05, 4.69) is 0 Å². The molecule has 0 bridgehead atoms. The van der Waals surface area contributed by atoms with Crippen molar-refractivity contribution in [3.05, 3.63) is 46.7 Å². The van der Waals surface area contributed by atoms with Gasteiger partial charge in [0.15, 0.2) is 0 Å². The van der Waals surface area contributed by atoms with Crippen LogP contribution < -0.4 is 4.90 Å². The first-order valence-corrected chi connectivity index (χ1v) is 9.36. The van der Waals surface area contributed by atoms with Crippen LogP contribution in [0.5, 0.6) is 5.75 Å². The molecule has 6 nitrogen and oxygen atoms in total. The summed E-state index contributed by atoms with van der Waals surface area (Å²) in [6.07, 6.45) is 0.202. The van der Waals surface area contributed by atoms with Crippen molar-refractivity contribution in [1.29, 1.82) is 0 Å². The molecule has 1 aliphatic rings. The van der Waals surface area contributed by atoms with Crippen LogP contribution in [0.4, 0.5) is 5.69 Å². The van der Waals surface area contributed by atoms with Crippen molar-refractivity contribution in [3.63, 3.8) is 0 Å². The van der Waals surface area contributed by atoms with Crippen molar-refractivity contribution in [3.8, 4) is 5.75 Å². The third-order valence-corrected chi connectivity index (χ3v) is 5.30. The second-order valence-corrected chi connectivity index (χ2v) is 7.29. The fourth-order valence-electron chi connectivity index (χ4n) is 3.07. The van der Waals surface area contributed by atoms with Crippen LogP contribution in [0.3, 0.4) is 0 Å². The molecule has 3 rings (SSSR count). The summed E-state index contributed by atoms with van der Waals surface area (Å²) < 4.78 is 5.14. The number of phenolic OH excluding ortho intramolecular Hbond substituents is 1. The van der Waals surface area contributed by atoms with Crippen molar-refractivity contribution in [2.45, 2.75) is 13.0 Å². The number of anilines is 1. The molecule has 1 aromatic heterocycles. The summed E-state index contributed by atoms with van der Waals surface area (Å²) in [7, 11) is 1.61. The van der Waals surface area contributed by atoms with Gasteiger partial charge in [-0.3, -0.25) is 9.59 Å². The van der Waals surface area contributed by atoms with Gasteiger partial charge < -0.3 is 19.6 Å². The van der Waals surface area contributed by atoms with Gasteiger partial charge in [0.2, 0.25) is 11.8 Å². The van der Waals surface area contributed by atoms with Gasteiger partial charge in [-0.2, -0.15) is 0 Å². The first-order valence-electron chi connectivity index (χ1n) is 8.48. The highest BCUT2D eigenvalue weighted by atomic mass is 32.1. The van der Waals surface area contributed by atoms with E-state index in [1.807, 2.05) is 17.5 Å². The Balaban J connectivity index is 1.70. The lowest BCUT2D eigenvalue weighted by atomic mass is 10.1. The Hall–Kier alpha value is -2.38. The normalized spacial score (nSPS) is 16.9. The zero-order valence-electron chi connectivity index (χ0n) is 14.6. The summed E-state index contributed by atoms with van der Waals surface area (Å²) in [6, 6.07) is 10.4. The van der Waals surface area contributed by atoms with E-state index in [9.17, 15) is 14.7 Å². The van der Waals surface area contributed by atoms with Crippen LogP contribution in [-0.2, 0) is 20.9 Å². The summed E-state index contributed by atoms with van der Waals surface area (Å²) in [5, 5.41) is 11.4. The lowest BCUT2D eigenvalue weighted by molar-refractivity contribution is -0.137.